The van der Waals surface area contributed by atoms with Gasteiger partial charge < -0.3 is 10.2 Å². The standard InChI is InChI=1S/C22H27N5O2S/c1-17-20-7-8-22(25-21(20)9-12-23-17)24-13-16-27-14-10-18(11-15-27)26-30(28,29)19-5-3-2-4-6-19/h2-9,12,18,26H,10-11,13-16H2,1H3,(H,24,25). The smallest absolute Gasteiger partial charge is 0.240 e. The summed E-state index contributed by atoms with van der Waals surface area (Å²) < 4.78 is 27.8. The van der Waals surface area contributed by atoms with Gasteiger partial charge in [-0.1, -0.05) is 18.2 Å². The van der Waals surface area contributed by atoms with Gasteiger partial charge in [-0.05, 0) is 63.2 Å². The highest BCUT2D eigenvalue weighted by Crippen LogP contribution is 2.17. The summed E-state index contributed by atoms with van der Waals surface area (Å²) >= 11 is 0. The van der Waals surface area contributed by atoms with E-state index in [4.69, 9.17) is 0 Å². The average Bonchev–Trinajstić information content (AvgIpc) is 2.76. The number of nitrogens with one attached hydrogen (secondary N) is 2. The van der Waals surface area contributed by atoms with Gasteiger partial charge in [0, 0.05) is 36.4 Å². The van der Waals surface area contributed by atoms with Gasteiger partial charge in [0.2, 0.25) is 10.0 Å². The quantitative estimate of drug-likeness (QED) is 0.605. The van der Waals surface area contributed by atoms with Crippen LogP contribution in [0.5, 0.6) is 0 Å². The van der Waals surface area contributed by atoms with Crippen molar-refractivity contribution in [3.05, 3.63) is 60.4 Å². The molecule has 0 aliphatic carbocycles. The summed E-state index contributed by atoms with van der Waals surface area (Å²) in [5.41, 5.74) is 1.93. The van der Waals surface area contributed by atoms with E-state index in [1.807, 2.05) is 25.1 Å². The molecule has 4 rings (SSSR count). The Hall–Kier alpha value is -2.55. The molecule has 0 radical (unpaired) electrons. The summed E-state index contributed by atoms with van der Waals surface area (Å²) in [5, 5.41) is 4.46. The van der Waals surface area contributed by atoms with E-state index in [9.17, 15) is 8.42 Å². The SMILES string of the molecule is Cc1nccc2nc(NCCN3CCC(NS(=O)(=O)c4ccccc4)CC3)ccc12. The van der Waals surface area contributed by atoms with Crippen LogP contribution >= 0.6 is 0 Å². The molecule has 1 saturated heterocycles. The largest absolute Gasteiger partial charge is 0.369 e. The van der Waals surface area contributed by atoms with Crippen molar-refractivity contribution in [2.24, 2.45) is 0 Å². The summed E-state index contributed by atoms with van der Waals surface area (Å²) in [6, 6.07) is 14.5. The molecule has 1 aliphatic heterocycles. The maximum atomic E-state index is 12.5. The van der Waals surface area contributed by atoms with Crippen LogP contribution in [0.15, 0.2) is 59.6 Å². The first-order valence-electron chi connectivity index (χ1n) is 10.3. The van der Waals surface area contributed by atoms with Crippen molar-refractivity contribution in [3.8, 4) is 0 Å². The maximum absolute atomic E-state index is 12.5. The zero-order valence-electron chi connectivity index (χ0n) is 17.1. The molecule has 0 unspecified atom stereocenters. The molecule has 8 heteroatoms. The monoisotopic (exact) mass is 425 g/mol. The van der Waals surface area contributed by atoms with Crippen LogP contribution in [0.2, 0.25) is 0 Å². The number of hydrogen-bond acceptors (Lipinski definition) is 6. The molecule has 0 amide bonds. The van der Waals surface area contributed by atoms with E-state index in [0.29, 0.717) is 4.90 Å². The molecular formula is C22H27N5O2S. The van der Waals surface area contributed by atoms with E-state index in [-0.39, 0.29) is 6.04 Å². The van der Waals surface area contributed by atoms with Crippen LogP contribution in [0.3, 0.4) is 0 Å². The molecule has 2 N–H and O–H groups in total. The molecule has 0 spiro atoms. The first-order valence-corrected chi connectivity index (χ1v) is 11.8. The van der Waals surface area contributed by atoms with Crippen molar-refractivity contribution in [3.63, 3.8) is 0 Å². The van der Waals surface area contributed by atoms with Gasteiger partial charge in [0.05, 0.1) is 10.4 Å². The Morgan fingerprint density at radius 3 is 2.60 bits per heavy atom. The van der Waals surface area contributed by atoms with Gasteiger partial charge in [0.25, 0.3) is 0 Å². The number of hydrogen-bond donors (Lipinski definition) is 2. The van der Waals surface area contributed by atoms with Gasteiger partial charge >= 0.3 is 0 Å². The number of piperidine rings is 1. The normalized spacial score (nSPS) is 16.0. The molecule has 158 valence electrons. The lowest BCUT2D eigenvalue weighted by atomic mass is 10.1. The molecule has 0 bridgehead atoms. The third-order valence-electron chi connectivity index (χ3n) is 5.51. The molecule has 0 saturated carbocycles. The number of aryl methyl sites for hydroxylation is 1. The second-order valence-electron chi connectivity index (χ2n) is 7.64. The van der Waals surface area contributed by atoms with Crippen LogP contribution < -0.4 is 10.0 Å². The number of sulfonamides is 1. The van der Waals surface area contributed by atoms with Gasteiger partial charge in [-0.3, -0.25) is 4.98 Å². The lowest BCUT2D eigenvalue weighted by Gasteiger charge is -2.32. The molecule has 2 aromatic heterocycles. The third-order valence-corrected chi connectivity index (χ3v) is 7.05. The van der Waals surface area contributed by atoms with E-state index in [2.05, 4.69) is 31.0 Å². The topological polar surface area (TPSA) is 87.2 Å². The van der Waals surface area contributed by atoms with Crippen LogP contribution in [-0.4, -0.2) is 55.5 Å². The number of pyridine rings is 2. The lowest BCUT2D eigenvalue weighted by Crippen LogP contribution is -2.45. The Morgan fingerprint density at radius 1 is 1.07 bits per heavy atom. The number of aromatic nitrogens is 2. The maximum Gasteiger partial charge on any atom is 0.240 e. The lowest BCUT2D eigenvalue weighted by molar-refractivity contribution is 0.214. The fraction of sp³-hybridized carbons (Fsp3) is 0.364. The van der Waals surface area contributed by atoms with Crippen molar-refractivity contribution in [1.29, 1.82) is 0 Å². The summed E-state index contributed by atoms with van der Waals surface area (Å²) in [6.45, 7) is 5.43. The van der Waals surface area contributed by atoms with Crippen LogP contribution in [-0.2, 0) is 10.0 Å². The molecule has 3 heterocycles. The zero-order chi connectivity index (χ0) is 21.0. The van der Waals surface area contributed by atoms with Crippen LogP contribution in [0, 0.1) is 6.92 Å². The van der Waals surface area contributed by atoms with Crippen molar-refractivity contribution >= 4 is 26.7 Å². The molecule has 3 aromatic rings. The van der Waals surface area contributed by atoms with Gasteiger partial charge in [0.15, 0.2) is 0 Å². The van der Waals surface area contributed by atoms with E-state index in [1.165, 1.54) is 0 Å². The first kappa shape index (κ1) is 20.7. The fourth-order valence-electron chi connectivity index (χ4n) is 3.80. The summed E-state index contributed by atoms with van der Waals surface area (Å²) in [4.78, 5) is 11.6. The Labute approximate surface area is 177 Å². The molecule has 0 atom stereocenters. The molecular weight excluding hydrogens is 398 g/mol. The minimum absolute atomic E-state index is 0.0154. The summed E-state index contributed by atoms with van der Waals surface area (Å²) in [6.07, 6.45) is 3.41. The van der Waals surface area contributed by atoms with Gasteiger partial charge in [-0.2, -0.15) is 0 Å². The Bertz CT molecular complexity index is 1100. The van der Waals surface area contributed by atoms with E-state index in [0.717, 1.165) is 61.4 Å². The van der Waals surface area contributed by atoms with Gasteiger partial charge in [0.1, 0.15) is 5.82 Å². The predicted molar refractivity (Wildman–Crippen MR) is 119 cm³/mol. The van der Waals surface area contributed by atoms with Crippen LogP contribution in [0.1, 0.15) is 18.5 Å². The molecule has 1 aromatic carbocycles. The first-order chi connectivity index (χ1) is 14.5. The van der Waals surface area contributed by atoms with Gasteiger partial charge in [-0.15, -0.1) is 0 Å². The van der Waals surface area contributed by atoms with Crippen LogP contribution in [0.25, 0.3) is 10.9 Å². The fourth-order valence-corrected chi connectivity index (χ4v) is 5.13. The number of nitrogens with zero attached hydrogens (tertiary/aromatic N) is 3. The Kier molecular flexibility index (Phi) is 6.26. The molecule has 1 fully saturated rings. The number of fused-ring (bicyclic) bond motifs is 1. The Morgan fingerprint density at radius 2 is 1.83 bits per heavy atom. The molecule has 1 aliphatic rings. The number of rotatable bonds is 7. The number of likely N-dealkylation sites (tertiary alicyclic amines) is 1. The summed E-state index contributed by atoms with van der Waals surface area (Å²) in [5.74, 6) is 0.860. The second kappa shape index (κ2) is 9.07. The molecule has 30 heavy (non-hydrogen) atoms. The zero-order valence-corrected chi connectivity index (χ0v) is 17.9. The highest BCUT2D eigenvalue weighted by Gasteiger charge is 2.24. The van der Waals surface area contributed by atoms with Crippen molar-refractivity contribution in [2.75, 3.05) is 31.5 Å². The van der Waals surface area contributed by atoms with E-state index < -0.39 is 10.0 Å². The molecule has 7 nitrogen and oxygen atoms in total. The van der Waals surface area contributed by atoms with Gasteiger partial charge in [-0.25, -0.2) is 18.1 Å². The highest BCUT2D eigenvalue weighted by atomic mass is 32.2. The summed E-state index contributed by atoms with van der Waals surface area (Å²) in [7, 11) is -3.45. The van der Waals surface area contributed by atoms with E-state index >= 15 is 0 Å². The van der Waals surface area contributed by atoms with Crippen molar-refractivity contribution in [1.82, 2.24) is 19.6 Å². The van der Waals surface area contributed by atoms with Crippen molar-refractivity contribution < 1.29 is 8.42 Å². The minimum Gasteiger partial charge on any atom is -0.369 e. The predicted octanol–water partition coefficient (Wildman–Crippen LogP) is 2.79. The average molecular weight is 426 g/mol. The minimum atomic E-state index is -3.45. The second-order valence-corrected chi connectivity index (χ2v) is 9.35. The van der Waals surface area contributed by atoms with Crippen LogP contribution in [0.4, 0.5) is 5.82 Å². The number of benzene rings is 1. The highest BCUT2D eigenvalue weighted by molar-refractivity contribution is 7.89. The van der Waals surface area contributed by atoms with Crippen molar-refractivity contribution in [2.45, 2.75) is 30.7 Å². The van der Waals surface area contributed by atoms with E-state index in [1.54, 1.807) is 30.5 Å². The Balaban J connectivity index is 1.24. The third kappa shape index (κ3) is 4.95. The number of anilines is 1.